The highest BCUT2D eigenvalue weighted by atomic mass is 16.5. The summed E-state index contributed by atoms with van der Waals surface area (Å²) in [4.78, 5) is 27.4. The summed E-state index contributed by atoms with van der Waals surface area (Å²) < 4.78 is 11.0. The van der Waals surface area contributed by atoms with E-state index in [0.717, 1.165) is 17.7 Å². The van der Waals surface area contributed by atoms with Crippen molar-refractivity contribution in [2.45, 2.75) is 65.6 Å². The summed E-state index contributed by atoms with van der Waals surface area (Å²) in [6.45, 7) is 10.1. The van der Waals surface area contributed by atoms with Crippen LogP contribution in [-0.2, 0) is 16.1 Å². The Balaban J connectivity index is 2.13. The maximum Gasteiger partial charge on any atom is 0.261 e. The van der Waals surface area contributed by atoms with Gasteiger partial charge in [-0.1, -0.05) is 45.0 Å². The average molecular weight is 441 g/mol. The van der Waals surface area contributed by atoms with E-state index in [1.165, 1.54) is 5.56 Å². The highest BCUT2D eigenvalue weighted by Gasteiger charge is 2.27. The zero-order chi connectivity index (χ0) is 23.7. The number of benzene rings is 2. The molecule has 0 radical (unpaired) electrons. The van der Waals surface area contributed by atoms with Crippen LogP contribution in [0, 0.1) is 0 Å². The molecule has 32 heavy (non-hydrogen) atoms. The van der Waals surface area contributed by atoms with Crippen molar-refractivity contribution in [1.82, 2.24) is 10.2 Å². The number of nitrogens with one attached hydrogen (secondary N) is 1. The Bertz CT molecular complexity index is 862. The quantitative estimate of drug-likeness (QED) is 0.557. The Labute approximate surface area is 191 Å². The molecule has 0 bridgehead atoms. The molecule has 0 aromatic heterocycles. The van der Waals surface area contributed by atoms with Crippen molar-refractivity contribution in [2.24, 2.45) is 0 Å². The molecular formula is C26H36N2O4. The van der Waals surface area contributed by atoms with Gasteiger partial charge >= 0.3 is 0 Å². The van der Waals surface area contributed by atoms with Crippen molar-refractivity contribution >= 4 is 11.8 Å². The van der Waals surface area contributed by atoms with Gasteiger partial charge in [-0.25, -0.2) is 0 Å². The second kappa shape index (κ2) is 12.1. The number of carbonyl (C=O) groups is 2. The molecule has 174 valence electrons. The van der Waals surface area contributed by atoms with Crippen LogP contribution in [0.5, 0.6) is 11.5 Å². The van der Waals surface area contributed by atoms with Crippen molar-refractivity contribution < 1.29 is 19.1 Å². The summed E-state index contributed by atoms with van der Waals surface area (Å²) >= 11 is 0. The van der Waals surface area contributed by atoms with E-state index in [1.807, 2.05) is 62.4 Å². The molecule has 0 saturated carbocycles. The van der Waals surface area contributed by atoms with E-state index in [0.29, 0.717) is 18.2 Å². The highest BCUT2D eigenvalue weighted by molar-refractivity contribution is 5.88. The first-order valence-electron chi connectivity index (χ1n) is 11.2. The second-order valence-electron chi connectivity index (χ2n) is 8.38. The molecule has 2 aromatic rings. The fourth-order valence-corrected chi connectivity index (χ4v) is 3.15. The first kappa shape index (κ1) is 25.2. The number of carbonyl (C=O) groups excluding carboxylic acids is 2. The maximum absolute atomic E-state index is 13.1. The maximum atomic E-state index is 13.1. The van der Waals surface area contributed by atoms with Crippen molar-refractivity contribution in [1.29, 1.82) is 0 Å². The second-order valence-corrected chi connectivity index (χ2v) is 8.38. The topological polar surface area (TPSA) is 67.9 Å². The number of amides is 2. The normalized spacial score (nSPS) is 12.7. The van der Waals surface area contributed by atoms with Crippen LogP contribution in [0.1, 0.15) is 58.1 Å². The molecule has 0 aliphatic rings. The third kappa shape index (κ3) is 7.29. The van der Waals surface area contributed by atoms with E-state index >= 15 is 0 Å². The molecule has 2 rings (SSSR count). The van der Waals surface area contributed by atoms with Crippen LogP contribution in [-0.4, -0.2) is 42.5 Å². The van der Waals surface area contributed by atoms with Gasteiger partial charge in [0.25, 0.3) is 5.91 Å². The van der Waals surface area contributed by atoms with Gasteiger partial charge in [-0.05, 0) is 61.6 Å². The third-order valence-corrected chi connectivity index (χ3v) is 5.59. The van der Waals surface area contributed by atoms with Crippen molar-refractivity contribution in [2.75, 3.05) is 13.7 Å². The lowest BCUT2D eigenvalue weighted by Crippen LogP contribution is -2.50. The van der Waals surface area contributed by atoms with Crippen molar-refractivity contribution in [3.8, 4) is 11.5 Å². The fourth-order valence-electron chi connectivity index (χ4n) is 3.15. The molecule has 2 amide bonds. The predicted octanol–water partition coefficient (Wildman–Crippen LogP) is 4.53. The lowest BCUT2D eigenvalue weighted by atomic mass is 10.0. The SMILES string of the molecule is CC[C@@H](C)NC(=O)[C@@H](C)N(Cc1ccc(OC)cc1)C(=O)COc1ccc(C(C)C)cc1. The lowest BCUT2D eigenvalue weighted by Gasteiger charge is -2.29. The van der Waals surface area contributed by atoms with Gasteiger partial charge < -0.3 is 19.7 Å². The minimum atomic E-state index is -0.634. The van der Waals surface area contributed by atoms with Crippen LogP contribution >= 0.6 is 0 Å². The van der Waals surface area contributed by atoms with E-state index < -0.39 is 6.04 Å². The Hall–Kier alpha value is -3.02. The summed E-state index contributed by atoms with van der Waals surface area (Å²) in [5.74, 6) is 1.37. The van der Waals surface area contributed by atoms with E-state index in [1.54, 1.807) is 18.9 Å². The Morgan fingerprint density at radius 1 is 0.938 bits per heavy atom. The number of methoxy groups -OCH3 is 1. The van der Waals surface area contributed by atoms with Crippen LogP contribution in [0.4, 0.5) is 0 Å². The molecule has 0 aliphatic heterocycles. The minimum absolute atomic E-state index is 0.0404. The van der Waals surface area contributed by atoms with Gasteiger partial charge in [0.2, 0.25) is 5.91 Å². The smallest absolute Gasteiger partial charge is 0.261 e. The Morgan fingerprint density at radius 3 is 2.06 bits per heavy atom. The van der Waals surface area contributed by atoms with Crippen molar-refractivity contribution in [3.05, 3.63) is 59.7 Å². The van der Waals surface area contributed by atoms with Crippen LogP contribution in [0.2, 0.25) is 0 Å². The summed E-state index contributed by atoms with van der Waals surface area (Å²) in [6, 6.07) is 14.6. The van der Waals surface area contributed by atoms with Gasteiger partial charge in [-0.3, -0.25) is 9.59 Å². The molecule has 6 heteroatoms. The van der Waals surface area contributed by atoms with E-state index in [9.17, 15) is 9.59 Å². The predicted molar refractivity (Wildman–Crippen MR) is 127 cm³/mol. The molecule has 1 N–H and O–H groups in total. The molecule has 0 fully saturated rings. The summed E-state index contributed by atoms with van der Waals surface area (Å²) in [5, 5.41) is 2.97. The lowest BCUT2D eigenvalue weighted by molar-refractivity contribution is -0.142. The minimum Gasteiger partial charge on any atom is -0.497 e. The summed E-state index contributed by atoms with van der Waals surface area (Å²) in [7, 11) is 1.61. The first-order valence-corrected chi connectivity index (χ1v) is 11.2. The van der Waals surface area contributed by atoms with E-state index in [4.69, 9.17) is 9.47 Å². The van der Waals surface area contributed by atoms with Crippen LogP contribution < -0.4 is 14.8 Å². The van der Waals surface area contributed by atoms with Gasteiger partial charge in [0.1, 0.15) is 17.5 Å². The van der Waals surface area contributed by atoms with Crippen molar-refractivity contribution in [3.63, 3.8) is 0 Å². The Morgan fingerprint density at radius 2 is 1.53 bits per heavy atom. The van der Waals surface area contributed by atoms with Crippen LogP contribution in [0.25, 0.3) is 0 Å². The molecule has 2 aromatic carbocycles. The van der Waals surface area contributed by atoms with Gasteiger partial charge in [0.15, 0.2) is 6.61 Å². The number of rotatable bonds is 11. The molecule has 0 heterocycles. The number of ether oxygens (including phenoxy) is 2. The molecule has 0 aliphatic carbocycles. The van der Waals surface area contributed by atoms with E-state index in [-0.39, 0.29) is 24.5 Å². The molecule has 0 unspecified atom stereocenters. The zero-order valence-corrected chi connectivity index (χ0v) is 20.1. The standard InChI is InChI=1S/C26H36N2O4/c1-7-19(4)27-26(30)20(5)28(16-21-8-12-23(31-6)13-9-21)25(29)17-32-24-14-10-22(11-15-24)18(2)3/h8-15,18-20H,7,16-17H2,1-6H3,(H,27,30)/t19-,20-/m1/s1. The van der Waals surface area contributed by atoms with E-state index in [2.05, 4.69) is 19.2 Å². The number of hydrogen-bond donors (Lipinski definition) is 1. The van der Waals surface area contributed by atoms with Gasteiger partial charge in [-0.2, -0.15) is 0 Å². The molecule has 2 atom stereocenters. The first-order chi connectivity index (χ1) is 15.2. The van der Waals surface area contributed by atoms with Gasteiger partial charge in [0.05, 0.1) is 7.11 Å². The number of hydrogen-bond acceptors (Lipinski definition) is 4. The summed E-state index contributed by atoms with van der Waals surface area (Å²) in [5.41, 5.74) is 2.11. The van der Waals surface area contributed by atoms with Gasteiger partial charge in [0, 0.05) is 12.6 Å². The molecule has 0 saturated heterocycles. The van der Waals surface area contributed by atoms with Crippen LogP contribution in [0.3, 0.4) is 0 Å². The number of nitrogens with zero attached hydrogens (tertiary/aromatic N) is 1. The van der Waals surface area contributed by atoms with Crippen LogP contribution in [0.15, 0.2) is 48.5 Å². The third-order valence-electron chi connectivity index (χ3n) is 5.59. The molecule has 0 spiro atoms. The fraction of sp³-hybridized carbons (Fsp3) is 0.462. The average Bonchev–Trinajstić information content (AvgIpc) is 2.80. The molecular weight excluding hydrogens is 404 g/mol. The van der Waals surface area contributed by atoms with Gasteiger partial charge in [-0.15, -0.1) is 0 Å². The Kier molecular flexibility index (Phi) is 9.57. The monoisotopic (exact) mass is 440 g/mol. The molecule has 6 nitrogen and oxygen atoms in total. The largest absolute Gasteiger partial charge is 0.497 e. The summed E-state index contributed by atoms with van der Waals surface area (Å²) in [6.07, 6.45) is 0.820. The highest BCUT2D eigenvalue weighted by Crippen LogP contribution is 2.19. The zero-order valence-electron chi connectivity index (χ0n) is 20.1.